The maximum atomic E-state index is 4.27. The average molecular weight is 229 g/mol. The Kier molecular flexibility index (Phi) is 2.11. The second-order valence-corrected chi connectivity index (χ2v) is 5.81. The van der Waals surface area contributed by atoms with Crippen molar-refractivity contribution in [2.24, 2.45) is 0 Å². The second-order valence-electron chi connectivity index (χ2n) is 5.81. The molecule has 0 unspecified atom stereocenters. The molecule has 1 aliphatic heterocycles. The summed E-state index contributed by atoms with van der Waals surface area (Å²) in [5.74, 6) is 0. The average Bonchev–Trinajstić information content (AvgIpc) is 2.57. The molecule has 0 saturated carbocycles. The number of aryl methyl sites for hydroxylation is 1. The predicted octanol–water partition coefficient (Wildman–Crippen LogP) is 2.64. The van der Waals surface area contributed by atoms with Crippen LogP contribution in [0, 0.1) is 6.92 Å². The molecule has 2 aromatic heterocycles. The highest BCUT2D eigenvalue weighted by molar-refractivity contribution is 5.87. The lowest BCUT2D eigenvalue weighted by atomic mass is 9.87. The Labute approximate surface area is 102 Å². The van der Waals surface area contributed by atoms with Crippen LogP contribution in [0.3, 0.4) is 0 Å². The number of nitrogens with one attached hydrogen (secondary N) is 1. The van der Waals surface area contributed by atoms with Crippen molar-refractivity contribution < 1.29 is 0 Å². The van der Waals surface area contributed by atoms with Gasteiger partial charge in [-0.3, -0.25) is 9.88 Å². The van der Waals surface area contributed by atoms with Crippen molar-refractivity contribution in [3.63, 3.8) is 0 Å². The zero-order valence-corrected chi connectivity index (χ0v) is 11.0. The first-order valence-electron chi connectivity index (χ1n) is 6.14. The molecule has 0 saturated heterocycles. The number of hydrogen-bond acceptors (Lipinski definition) is 2. The molecular formula is C14H19N3. The van der Waals surface area contributed by atoms with E-state index in [1.165, 1.54) is 27.7 Å². The first-order valence-corrected chi connectivity index (χ1v) is 6.14. The Bertz CT molecular complexity index is 580. The van der Waals surface area contributed by atoms with Crippen molar-refractivity contribution in [2.75, 3.05) is 7.05 Å². The molecule has 0 atom stereocenters. The Morgan fingerprint density at radius 3 is 2.88 bits per heavy atom. The van der Waals surface area contributed by atoms with Crippen LogP contribution in [-0.2, 0) is 13.0 Å². The van der Waals surface area contributed by atoms with Crippen LogP contribution >= 0.6 is 0 Å². The van der Waals surface area contributed by atoms with Crippen molar-refractivity contribution in [1.29, 1.82) is 0 Å². The zero-order valence-electron chi connectivity index (χ0n) is 11.0. The SMILES string of the molecule is Cc1cncc2[nH]c3c(c12)CC(C)(C)N(C)C3. The first kappa shape index (κ1) is 10.8. The Morgan fingerprint density at radius 1 is 1.35 bits per heavy atom. The maximum Gasteiger partial charge on any atom is 0.0648 e. The molecule has 0 fully saturated rings. The summed E-state index contributed by atoms with van der Waals surface area (Å²) in [6, 6.07) is 0. The quantitative estimate of drug-likeness (QED) is 0.753. The number of aromatic nitrogens is 2. The van der Waals surface area contributed by atoms with Crippen LogP contribution in [0.2, 0.25) is 0 Å². The molecular weight excluding hydrogens is 210 g/mol. The van der Waals surface area contributed by atoms with E-state index in [-0.39, 0.29) is 5.54 Å². The summed E-state index contributed by atoms with van der Waals surface area (Å²) in [4.78, 5) is 10.2. The number of rotatable bonds is 0. The van der Waals surface area contributed by atoms with Gasteiger partial charge in [0.05, 0.1) is 11.7 Å². The van der Waals surface area contributed by atoms with E-state index in [4.69, 9.17) is 0 Å². The predicted molar refractivity (Wildman–Crippen MR) is 70.1 cm³/mol. The number of nitrogens with zero attached hydrogens (tertiary/aromatic N) is 2. The lowest BCUT2D eigenvalue weighted by Crippen LogP contribution is -2.45. The summed E-state index contributed by atoms with van der Waals surface area (Å²) in [6.45, 7) is 7.77. The van der Waals surface area contributed by atoms with E-state index in [1.54, 1.807) is 0 Å². The van der Waals surface area contributed by atoms with Crippen LogP contribution in [0.15, 0.2) is 12.4 Å². The monoisotopic (exact) mass is 229 g/mol. The van der Waals surface area contributed by atoms with Gasteiger partial charge in [-0.25, -0.2) is 0 Å². The fourth-order valence-corrected chi connectivity index (χ4v) is 2.80. The van der Waals surface area contributed by atoms with Gasteiger partial charge in [0.1, 0.15) is 0 Å². The van der Waals surface area contributed by atoms with Gasteiger partial charge >= 0.3 is 0 Å². The maximum absolute atomic E-state index is 4.27. The van der Waals surface area contributed by atoms with Gasteiger partial charge in [-0.1, -0.05) is 0 Å². The number of pyridine rings is 1. The molecule has 0 spiro atoms. The van der Waals surface area contributed by atoms with Gasteiger partial charge in [-0.15, -0.1) is 0 Å². The van der Waals surface area contributed by atoms with Crippen LogP contribution in [-0.4, -0.2) is 27.5 Å². The van der Waals surface area contributed by atoms with Gasteiger partial charge in [0.2, 0.25) is 0 Å². The smallest absolute Gasteiger partial charge is 0.0648 e. The van der Waals surface area contributed by atoms with E-state index in [0.29, 0.717) is 0 Å². The van der Waals surface area contributed by atoms with E-state index in [2.05, 4.69) is 42.7 Å². The van der Waals surface area contributed by atoms with E-state index in [1.807, 2.05) is 12.4 Å². The fraction of sp³-hybridized carbons (Fsp3) is 0.500. The highest BCUT2D eigenvalue weighted by Gasteiger charge is 2.32. The molecule has 90 valence electrons. The molecule has 0 aliphatic carbocycles. The van der Waals surface area contributed by atoms with Crippen LogP contribution in [0.1, 0.15) is 30.7 Å². The summed E-state index contributed by atoms with van der Waals surface area (Å²) >= 11 is 0. The standard InChI is InChI=1S/C14H19N3/c1-9-6-15-7-11-13(9)10-5-14(2,3)17(4)8-12(10)16-11/h6-7,16H,5,8H2,1-4H3. The van der Waals surface area contributed by atoms with E-state index in [0.717, 1.165) is 13.0 Å². The summed E-state index contributed by atoms with van der Waals surface area (Å²) in [6.07, 6.45) is 5.00. The highest BCUT2D eigenvalue weighted by Crippen LogP contribution is 2.35. The molecule has 17 heavy (non-hydrogen) atoms. The minimum Gasteiger partial charge on any atom is -0.356 e. The number of H-pyrrole nitrogens is 1. The summed E-state index contributed by atoms with van der Waals surface area (Å²) in [5, 5.41) is 1.39. The van der Waals surface area contributed by atoms with E-state index in [9.17, 15) is 0 Å². The van der Waals surface area contributed by atoms with Gasteiger partial charge in [-0.05, 0) is 45.4 Å². The van der Waals surface area contributed by atoms with Crippen LogP contribution in [0.4, 0.5) is 0 Å². The van der Waals surface area contributed by atoms with Crippen molar-refractivity contribution in [1.82, 2.24) is 14.9 Å². The van der Waals surface area contributed by atoms with Gasteiger partial charge in [0, 0.05) is 29.4 Å². The van der Waals surface area contributed by atoms with Crippen LogP contribution in [0.5, 0.6) is 0 Å². The summed E-state index contributed by atoms with van der Waals surface area (Å²) in [5.41, 5.74) is 5.54. The topological polar surface area (TPSA) is 31.9 Å². The van der Waals surface area contributed by atoms with Crippen LogP contribution < -0.4 is 0 Å². The van der Waals surface area contributed by atoms with Gasteiger partial charge in [0.25, 0.3) is 0 Å². The number of aromatic amines is 1. The number of likely N-dealkylation sites (N-methyl/N-ethyl adjacent to an activating group) is 1. The second kappa shape index (κ2) is 3.33. The Morgan fingerprint density at radius 2 is 2.12 bits per heavy atom. The molecule has 3 nitrogen and oxygen atoms in total. The normalized spacial score (nSPS) is 19.5. The largest absolute Gasteiger partial charge is 0.356 e. The third-order valence-electron chi connectivity index (χ3n) is 4.13. The minimum atomic E-state index is 0.234. The van der Waals surface area contributed by atoms with Crippen LogP contribution in [0.25, 0.3) is 10.9 Å². The van der Waals surface area contributed by atoms with Crippen molar-refractivity contribution in [3.05, 3.63) is 29.2 Å². The molecule has 1 aliphatic rings. The molecule has 0 bridgehead atoms. The third-order valence-corrected chi connectivity index (χ3v) is 4.13. The van der Waals surface area contributed by atoms with Crippen molar-refractivity contribution in [3.8, 4) is 0 Å². The molecule has 1 N–H and O–H groups in total. The molecule has 2 aromatic rings. The summed E-state index contributed by atoms with van der Waals surface area (Å²) in [7, 11) is 2.19. The summed E-state index contributed by atoms with van der Waals surface area (Å²) < 4.78 is 0. The molecule has 0 amide bonds. The number of fused-ring (bicyclic) bond motifs is 3. The molecule has 3 heterocycles. The minimum absolute atomic E-state index is 0.234. The van der Waals surface area contributed by atoms with Gasteiger partial charge in [-0.2, -0.15) is 0 Å². The lowest BCUT2D eigenvalue weighted by Gasteiger charge is -2.39. The van der Waals surface area contributed by atoms with E-state index < -0.39 is 0 Å². The van der Waals surface area contributed by atoms with Crippen molar-refractivity contribution in [2.45, 2.75) is 39.3 Å². The third kappa shape index (κ3) is 1.49. The molecule has 3 heteroatoms. The van der Waals surface area contributed by atoms with Gasteiger partial charge < -0.3 is 4.98 Å². The van der Waals surface area contributed by atoms with E-state index >= 15 is 0 Å². The molecule has 0 radical (unpaired) electrons. The fourth-order valence-electron chi connectivity index (χ4n) is 2.80. The highest BCUT2D eigenvalue weighted by atomic mass is 15.2. The van der Waals surface area contributed by atoms with Crippen molar-refractivity contribution >= 4 is 10.9 Å². The first-order chi connectivity index (χ1) is 7.99. The Balaban J connectivity index is 2.26. The zero-order chi connectivity index (χ0) is 12.2. The Hall–Kier alpha value is -1.35. The van der Waals surface area contributed by atoms with Gasteiger partial charge in [0.15, 0.2) is 0 Å². The molecule has 0 aromatic carbocycles. The number of hydrogen-bond donors (Lipinski definition) is 1. The molecule has 3 rings (SSSR count). The lowest BCUT2D eigenvalue weighted by molar-refractivity contribution is 0.132.